The molecule has 0 spiro atoms. The number of nitrogens with zero attached hydrogens (tertiary/aromatic N) is 2. The van der Waals surface area contributed by atoms with E-state index >= 15 is 0 Å². The molecule has 35 heavy (non-hydrogen) atoms. The predicted molar refractivity (Wildman–Crippen MR) is 133 cm³/mol. The molecule has 1 N–H and O–H groups in total. The van der Waals surface area contributed by atoms with Crippen molar-refractivity contribution in [1.82, 2.24) is 0 Å². The molecule has 190 valence electrons. The van der Waals surface area contributed by atoms with Crippen LogP contribution in [0, 0.1) is 17.7 Å². The Morgan fingerprint density at radius 3 is 2.29 bits per heavy atom. The second kappa shape index (κ2) is 10.7. The van der Waals surface area contributed by atoms with Gasteiger partial charge < -0.3 is 29.1 Å². The molecule has 0 aromatic heterocycles. The summed E-state index contributed by atoms with van der Waals surface area (Å²) >= 11 is 0. The van der Waals surface area contributed by atoms with Gasteiger partial charge in [0.1, 0.15) is 23.4 Å². The molecule has 0 amide bonds. The molecular formula is C27H35FN2O5. The number of methoxy groups -OCH3 is 2. The summed E-state index contributed by atoms with van der Waals surface area (Å²) in [5.41, 5.74) is 1.52. The van der Waals surface area contributed by atoms with Crippen molar-refractivity contribution in [3.8, 4) is 11.5 Å². The maximum absolute atomic E-state index is 14.5. The number of aliphatic carboxylic acids is 1. The number of piperidine rings is 1. The van der Waals surface area contributed by atoms with Gasteiger partial charge >= 0.3 is 5.97 Å². The fraction of sp³-hybridized carbons (Fsp3) is 0.519. The van der Waals surface area contributed by atoms with Gasteiger partial charge in [-0.25, -0.2) is 4.39 Å². The van der Waals surface area contributed by atoms with Crippen LogP contribution in [0.3, 0.4) is 0 Å². The van der Waals surface area contributed by atoms with Crippen LogP contribution in [0.2, 0.25) is 0 Å². The van der Waals surface area contributed by atoms with Crippen molar-refractivity contribution < 1.29 is 28.5 Å². The van der Waals surface area contributed by atoms with Crippen LogP contribution in [0.4, 0.5) is 15.8 Å². The van der Waals surface area contributed by atoms with Crippen molar-refractivity contribution in [2.45, 2.75) is 44.9 Å². The Kier molecular flexibility index (Phi) is 7.69. The summed E-state index contributed by atoms with van der Waals surface area (Å²) in [6.07, 6.45) is 0.800. The molecule has 7 nitrogen and oxygen atoms in total. The zero-order chi connectivity index (χ0) is 25.1. The number of halogens is 1. The first-order valence-electron chi connectivity index (χ1n) is 12.2. The van der Waals surface area contributed by atoms with Crippen LogP contribution in [-0.4, -0.2) is 63.2 Å². The van der Waals surface area contributed by atoms with Crippen LogP contribution in [0.1, 0.15) is 26.7 Å². The largest absolute Gasteiger partial charge is 0.497 e. The third-order valence-electron chi connectivity index (χ3n) is 7.19. The quantitative estimate of drug-likeness (QED) is 0.591. The summed E-state index contributed by atoms with van der Waals surface area (Å²) < 4.78 is 31.7. The average Bonchev–Trinajstić information content (AvgIpc) is 3.24. The molecule has 2 saturated heterocycles. The number of carboxylic acid groups (broad SMARTS) is 1. The summed E-state index contributed by atoms with van der Waals surface area (Å²) in [6, 6.07) is 12.6. The van der Waals surface area contributed by atoms with Gasteiger partial charge in [-0.15, -0.1) is 0 Å². The highest BCUT2D eigenvalue weighted by molar-refractivity contribution is 5.69. The maximum Gasteiger partial charge on any atom is 0.305 e. The number of rotatable bonds is 8. The van der Waals surface area contributed by atoms with Crippen LogP contribution in [0.25, 0.3) is 0 Å². The van der Waals surface area contributed by atoms with Crippen LogP contribution >= 0.6 is 0 Å². The minimum absolute atomic E-state index is 0.00446. The minimum atomic E-state index is -0.806. The summed E-state index contributed by atoms with van der Waals surface area (Å²) in [7, 11) is 3.25. The molecule has 0 unspecified atom stereocenters. The van der Waals surface area contributed by atoms with Crippen molar-refractivity contribution in [3.63, 3.8) is 0 Å². The standard InChI is InChI=1S/C27H35FN2O5/c1-17-14-29(25-13-22(33-3)9-10-24(25)28)15-18(2)27(17)35-21-7-5-19(6-8-21)30-16-23(34-4)11-20(30)12-26(31)32/h5-10,13,17-18,20,23,27H,11-12,14-16H2,1-4H3,(H,31,32)/t17-,18+,20-,23-,27-/m1/s1. The van der Waals surface area contributed by atoms with E-state index in [1.807, 2.05) is 24.3 Å². The van der Waals surface area contributed by atoms with Gasteiger partial charge in [0.25, 0.3) is 0 Å². The Bertz CT molecular complexity index is 1010. The minimum Gasteiger partial charge on any atom is -0.497 e. The molecule has 0 bridgehead atoms. The molecule has 4 rings (SSSR count). The molecule has 2 aromatic rings. The summed E-state index contributed by atoms with van der Waals surface area (Å²) in [6.45, 7) is 6.29. The monoisotopic (exact) mass is 486 g/mol. The number of hydrogen-bond donors (Lipinski definition) is 1. The molecule has 2 aromatic carbocycles. The third-order valence-corrected chi connectivity index (χ3v) is 7.19. The Morgan fingerprint density at radius 1 is 1.03 bits per heavy atom. The maximum atomic E-state index is 14.5. The third kappa shape index (κ3) is 5.64. The normalized spacial score (nSPS) is 26.6. The van der Waals surface area contributed by atoms with Gasteiger partial charge in [-0.05, 0) is 42.8 Å². The molecule has 0 saturated carbocycles. The first-order valence-corrected chi connectivity index (χ1v) is 12.2. The molecule has 2 fully saturated rings. The van der Waals surface area contributed by atoms with Gasteiger partial charge in [0.05, 0.1) is 25.3 Å². The highest BCUT2D eigenvalue weighted by Crippen LogP contribution is 2.34. The van der Waals surface area contributed by atoms with E-state index < -0.39 is 5.97 Å². The fourth-order valence-corrected chi connectivity index (χ4v) is 5.46. The molecule has 0 aliphatic carbocycles. The lowest BCUT2D eigenvalue weighted by atomic mass is 9.87. The molecule has 2 aliphatic rings. The second-order valence-electron chi connectivity index (χ2n) is 9.75. The van der Waals surface area contributed by atoms with Gasteiger partial charge in [0, 0.05) is 56.4 Å². The number of benzene rings is 2. The highest BCUT2D eigenvalue weighted by atomic mass is 19.1. The topological polar surface area (TPSA) is 71.5 Å². The average molecular weight is 487 g/mol. The van der Waals surface area contributed by atoms with Crippen molar-refractivity contribution in [2.75, 3.05) is 43.7 Å². The lowest BCUT2D eigenvalue weighted by molar-refractivity contribution is -0.137. The Hall–Kier alpha value is -3.00. The Morgan fingerprint density at radius 2 is 1.69 bits per heavy atom. The van der Waals surface area contributed by atoms with Crippen LogP contribution in [0.5, 0.6) is 11.5 Å². The van der Waals surface area contributed by atoms with Crippen molar-refractivity contribution >= 4 is 17.3 Å². The zero-order valence-corrected chi connectivity index (χ0v) is 20.8. The number of hydrogen-bond acceptors (Lipinski definition) is 6. The lowest BCUT2D eigenvalue weighted by Gasteiger charge is -2.42. The van der Waals surface area contributed by atoms with Crippen LogP contribution in [-0.2, 0) is 9.53 Å². The number of carboxylic acids is 1. The van der Waals surface area contributed by atoms with Crippen molar-refractivity contribution in [1.29, 1.82) is 0 Å². The molecule has 2 heterocycles. The number of carbonyl (C=O) groups is 1. The van der Waals surface area contributed by atoms with E-state index in [4.69, 9.17) is 14.2 Å². The SMILES string of the molecule is COc1ccc(F)c(N2C[C@@H](C)[C@@H](Oc3ccc(N4C[C@H](OC)C[C@@H]4CC(=O)O)cc3)[C@@H](C)C2)c1. The van der Waals surface area contributed by atoms with Crippen LogP contribution in [0.15, 0.2) is 42.5 Å². The van der Waals surface area contributed by atoms with E-state index in [2.05, 4.69) is 23.6 Å². The first-order chi connectivity index (χ1) is 16.8. The van der Waals surface area contributed by atoms with Gasteiger partial charge in [0.15, 0.2) is 0 Å². The number of ether oxygens (including phenoxy) is 3. The molecule has 0 radical (unpaired) electrons. The first kappa shape index (κ1) is 25.1. The highest BCUT2D eigenvalue weighted by Gasteiger charge is 2.36. The Labute approximate surface area is 206 Å². The van der Waals surface area contributed by atoms with Crippen molar-refractivity contribution in [3.05, 3.63) is 48.3 Å². The van der Waals surface area contributed by atoms with E-state index in [0.717, 1.165) is 11.4 Å². The van der Waals surface area contributed by atoms with E-state index in [1.54, 1.807) is 26.4 Å². The Balaban J connectivity index is 1.42. The zero-order valence-electron chi connectivity index (χ0n) is 20.8. The number of anilines is 2. The summed E-state index contributed by atoms with van der Waals surface area (Å²) in [5, 5.41) is 9.29. The molecule has 5 atom stereocenters. The fourth-order valence-electron chi connectivity index (χ4n) is 5.46. The van der Waals surface area contributed by atoms with Crippen LogP contribution < -0.4 is 19.3 Å². The van der Waals surface area contributed by atoms with E-state index in [0.29, 0.717) is 37.5 Å². The predicted octanol–water partition coefficient (Wildman–Crippen LogP) is 4.44. The van der Waals surface area contributed by atoms with Crippen molar-refractivity contribution in [2.24, 2.45) is 11.8 Å². The van der Waals surface area contributed by atoms with Gasteiger partial charge in [-0.2, -0.15) is 0 Å². The summed E-state index contributed by atoms with van der Waals surface area (Å²) in [5.74, 6) is 0.727. The van der Waals surface area contributed by atoms with Gasteiger partial charge in [-0.3, -0.25) is 4.79 Å². The van der Waals surface area contributed by atoms with E-state index in [-0.39, 0.29) is 42.3 Å². The van der Waals surface area contributed by atoms with E-state index in [9.17, 15) is 14.3 Å². The second-order valence-corrected chi connectivity index (χ2v) is 9.75. The van der Waals surface area contributed by atoms with Gasteiger partial charge in [0.2, 0.25) is 0 Å². The molecular weight excluding hydrogens is 451 g/mol. The summed E-state index contributed by atoms with van der Waals surface area (Å²) in [4.78, 5) is 15.5. The van der Waals surface area contributed by atoms with Gasteiger partial charge in [-0.1, -0.05) is 13.8 Å². The smallest absolute Gasteiger partial charge is 0.305 e. The molecule has 8 heteroatoms. The molecule has 2 aliphatic heterocycles. The van der Waals surface area contributed by atoms with E-state index in [1.165, 1.54) is 6.07 Å². The lowest BCUT2D eigenvalue weighted by Crippen LogP contribution is -2.50.